The standard InChI is InChI=1S/C20H27NO5/c1-13(21-12-17(23)15-7-5-6-8-16(15)22)11-14-9-10-18(24-2)20(26-4)19(14)25-3/h5-10,13,17,21-23H,11-12H2,1-4H3. The second-order valence-electron chi connectivity index (χ2n) is 6.08. The van der Waals surface area contributed by atoms with Crippen molar-refractivity contribution in [1.29, 1.82) is 0 Å². The van der Waals surface area contributed by atoms with E-state index in [-0.39, 0.29) is 11.8 Å². The Bertz CT molecular complexity index is 719. The lowest BCUT2D eigenvalue weighted by atomic mass is 10.0. The highest BCUT2D eigenvalue weighted by Crippen LogP contribution is 2.40. The molecule has 6 heteroatoms. The predicted molar refractivity (Wildman–Crippen MR) is 100 cm³/mol. The highest BCUT2D eigenvalue weighted by molar-refractivity contribution is 5.56. The number of aromatic hydroxyl groups is 1. The van der Waals surface area contributed by atoms with Gasteiger partial charge in [-0.25, -0.2) is 0 Å². The molecule has 2 atom stereocenters. The van der Waals surface area contributed by atoms with Crippen LogP contribution in [0.1, 0.15) is 24.2 Å². The maximum absolute atomic E-state index is 10.3. The molecular weight excluding hydrogens is 334 g/mol. The molecule has 2 unspecified atom stereocenters. The third-order valence-electron chi connectivity index (χ3n) is 4.27. The van der Waals surface area contributed by atoms with Gasteiger partial charge >= 0.3 is 0 Å². The lowest BCUT2D eigenvalue weighted by Gasteiger charge is -2.20. The Labute approximate surface area is 154 Å². The maximum Gasteiger partial charge on any atom is 0.203 e. The van der Waals surface area contributed by atoms with Crippen molar-refractivity contribution in [2.45, 2.75) is 25.5 Å². The number of phenols is 1. The van der Waals surface area contributed by atoms with Gasteiger partial charge in [-0.15, -0.1) is 0 Å². The molecule has 142 valence electrons. The van der Waals surface area contributed by atoms with Crippen molar-refractivity contribution >= 4 is 0 Å². The van der Waals surface area contributed by atoms with Gasteiger partial charge in [0.25, 0.3) is 0 Å². The Morgan fingerprint density at radius 3 is 2.27 bits per heavy atom. The van der Waals surface area contributed by atoms with Gasteiger partial charge in [-0.1, -0.05) is 24.3 Å². The summed E-state index contributed by atoms with van der Waals surface area (Å²) in [7, 11) is 4.76. The molecule has 0 amide bonds. The molecule has 0 aliphatic rings. The van der Waals surface area contributed by atoms with E-state index in [0.717, 1.165) is 5.56 Å². The number of rotatable bonds is 9. The number of aliphatic hydroxyl groups excluding tert-OH is 1. The SMILES string of the molecule is COc1ccc(CC(C)NCC(O)c2ccccc2O)c(OC)c1OC. The van der Waals surface area contributed by atoms with Gasteiger partial charge in [-0.2, -0.15) is 0 Å². The molecule has 26 heavy (non-hydrogen) atoms. The van der Waals surface area contributed by atoms with Crippen molar-refractivity contribution in [2.24, 2.45) is 0 Å². The van der Waals surface area contributed by atoms with E-state index in [1.807, 2.05) is 19.1 Å². The van der Waals surface area contributed by atoms with E-state index >= 15 is 0 Å². The molecule has 0 saturated heterocycles. The van der Waals surface area contributed by atoms with E-state index in [0.29, 0.717) is 35.8 Å². The van der Waals surface area contributed by atoms with E-state index in [1.165, 1.54) is 0 Å². The van der Waals surface area contributed by atoms with E-state index < -0.39 is 6.10 Å². The lowest BCUT2D eigenvalue weighted by Crippen LogP contribution is -2.32. The zero-order valence-corrected chi connectivity index (χ0v) is 15.7. The Kier molecular flexibility index (Phi) is 7.12. The molecule has 0 radical (unpaired) electrons. The quantitative estimate of drug-likeness (QED) is 0.637. The average molecular weight is 361 g/mol. The molecule has 0 saturated carbocycles. The zero-order valence-electron chi connectivity index (χ0n) is 15.7. The van der Waals surface area contributed by atoms with Crippen molar-refractivity contribution in [3.05, 3.63) is 47.5 Å². The Morgan fingerprint density at radius 2 is 1.65 bits per heavy atom. The van der Waals surface area contributed by atoms with Gasteiger partial charge in [0.05, 0.1) is 27.4 Å². The van der Waals surface area contributed by atoms with Crippen LogP contribution in [0.3, 0.4) is 0 Å². The minimum absolute atomic E-state index is 0.0718. The number of phenolic OH excluding ortho intramolecular Hbond substituents is 1. The van der Waals surface area contributed by atoms with Gasteiger partial charge in [0.1, 0.15) is 5.75 Å². The first kappa shape index (κ1) is 19.9. The molecule has 0 bridgehead atoms. The van der Waals surface area contributed by atoms with Crippen molar-refractivity contribution in [3.63, 3.8) is 0 Å². The van der Waals surface area contributed by atoms with Crippen LogP contribution in [-0.2, 0) is 6.42 Å². The number of para-hydroxylation sites is 1. The first-order valence-electron chi connectivity index (χ1n) is 8.49. The summed E-state index contributed by atoms with van der Waals surface area (Å²) in [4.78, 5) is 0. The number of ether oxygens (including phenoxy) is 3. The normalized spacial score (nSPS) is 13.1. The monoisotopic (exact) mass is 361 g/mol. The molecule has 6 nitrogen and oxygen atoms in total. The van der Waals surface area contributed by atoms with Crippen molar-refractivity contribution in [1.82, 2.24) is 5.32 Å². The van der Waals surface area contributed by atoms with Crippen LogP contribution in [0.25, 0.3) is 0 Å². The minimum Gasteiger partial charge on any atom is -0.508 e. The third kappa shape index (κ3) is 4.59. The molecule has 3 N–H and O–H groups in total. The zero-order chi connectivity index (χ0) is 19.1. The number of aliphatic hydroxyl groups is 1. The molecule has 0 spiro atoms. The van der Waals surface area contributed by atoms with Crippen LogP contribution in [0.5, 0.6) is 23.0 Å². The number of hydrogen-bond acceptors (Lipinski definition) is 6. The first-order chi connectivity index (χ1) is 12.5. The van der Waals surface area contributed by atoms with Gasteiger partial charge in [0, 0.05) is 18.2 Å². The van der Waals surface area contributed by atoms with Gasteiger partial charge < -0.3 is 29.7 Å². The summed E-state index contributed by atoms with van der Waals surface area (Å²) in [6.45, 7) is 2.35. The van der Waals surface area contributed by atoms with Crippen LogP contribution >= 0.6 is 0 Å². The fraction of sp³-hybridized carbons (Fsp3) is 0.400. The molecule has 0 aliphatic carbocycles. The van der Waals surface area contributed by atoms with Crippen LogP contribution in [0.4, 0.5) is 0 Å². The summed E-state index contributed by atoms with van der Waals surface area (Å²) in [5, 5.41) is 23.4. The van der Waals surface area contributed by atoms with Crippen molar-refractivity contribution < 1.29 is 24.4 Å². The fourth-order valence-corrected chi connectivity index (χ4v) is 2.92. The molecule has 0 aromatic heterocycles. The number of methoxy groups -OCH3 is 3. The second kappa shape index (κ2) is 9.31. The van der Waals surface area contributed by atoms with Crippen molar-refractivity contribution in [2.75, 3.05) is 27.9 Å². The van der Waals surface area contributed by atoms with E-state index in [4.69, 9.17) is 14.2 Å². The molecule has 2 rings (SSSR count). The van der Waals surface area contributed by atoms with Crippen molar-refractivity contribution in [3.8, 4) is 23.0 Å². The lowest BCUT2D eigenvalue weighted by molar-refractivity contribution is 0.167. The third-order valence-corrected chi connectivity index (χ3v) is 4.27. The summed E-state index contributed by atoms with van der Waals surface area (Å²) >= 11 is 0. The fourth-order valence-electron chi connectivity index (χ4n) is 2.92. The van der Waals surface area contributed by atoms with Crippen LogP contribution in [0.15, 0.2) is 36.4 Å². The predicted octanol–water partition coefficient (Wildman–Crippen LogP) is 2.67. The second-order valence-corrected chi connectivity index (χ2v) is 6.08. The summed E-state index contributed by atoms with van der Waals surface area (Å²) in [6, 6.07) is 10.7. The Hall–Kier alpha value is -2.44. The molecule has 2 aromatic rings. The number of hydrogen-bond donors (Lipinski definition) is 3. The van der Waals surface area contributed by atoms with E-state index in [9.17, 15) is 10.2 Å². The Balaban J connectivity index is 2.04. The van der Waals surface area contributed by atoms with E-state index in [1.54, 1.807) is 45.6 Å². The first-order valence-corrected chi connectivity index (χ1v) is 8.49. The topological polar surface area (TPSA) is 80.2 Å². The van der Waals surface area contributed by atoms with Gasteiger partial charge in [0.15, 0.2) is 11.5 Å². The maximum atomic E-state index is 10.3. The molecule has 2 aromatic carbocycles. The van der Waals surface area contributed by atoms with Crippen LogP contribution in [0, 0.1) is 0 Å². The van der Waals surface area contributed by atoms with Gasteiger partial charge in [-0.3, -0.25) is 0 Å². The van der Waals surface area contributed by atoms with Gasteiger partial charge in [0.2, 0.25) is 5.75 Å². The number of nitrogens with one attached hydrogen (secondary N) is 1. The van der Waals surface area contributed by atoms with Crippen LogP contribution < -0.4 is 19.5 Å². The average Bonchev–Trinajstić information content (AvgIpc) is 2.65. The summed E-state index contributed by atoms with van der Waals surface area (Å²) in [5.41, 5.74) is 1.48. The Morgan fingerprint density at radius 1 is 0.962 bits per heavy atom. The summed E-state index contributed by atoms with van der Waals surface area (Å²) in [6.07, 6.45) is -0.109. The molecular formula is C20H27NO5. The molecule has 0 heterocycles. The highest BCUT2D eigenvalue weighted by Gasteiger charge is 2.18. The largest absolute Gasteiger partial charge is 0.508 e. The molecule has 0 aliphatic heterocycles. The highest BCUT2D eigenvalue weighted by atomic mass is 16.5. The minimum atomic E-state index is -0.786. The van der Waals surface area contributed by atoms with E-state index in [2.05, 4.69) is 5.32 Å². The van der Waals surface area contributed by atoms with Crippen LogP contribution in [-0.4, -0.2) is 44.1 Å². The summed E-state index contributed by atoms with van der Waals surface area (Å²) in [5.74, 6) is 1.91. The number of benzene rings is 2. The smallest absolute Gasteiger partial charge is 0.203 e. The van der Waals surface area contributed by atoms with Gasteiger partial charge in [-0.05, 0) is 31.0 Å². The molecule has 0 fully saturated rings. The summed E-state index contributed by atoms with van der Waals surface area (Å²) < 4.78 is 16.2. The van der Waals surface area contributed by atoms with Crippen LogP contribution in [0.2, 0.25) is 0 Å².